The lowest BCUT2D eigenvalue weighted by atomic mass is 9.91. The summed E-state index contributed by atoms with van der Waals surface area (Å²) >= 11 is 0. The van der Waals surface area contributed by atoms with Crippen molar-refractivity contribution in [2.24, 2.45) is 0 Å². The maximum Gasteiger partial charge on any atom is 0.229 e. The fourth-order valence-corrected chi connectivity index (χ4v) is 3.90. The average Bonchev–Trinajstić information content (AvgIpc) is 2.68. The second-order valence-electron chi connectivity index (χ2n) is 7.94. The van der Waals surface area contributed by atoms with Gasteiger partial charge in [-0.15, -0.1) is 0 Å². The lowest BCUT2D eigenvalue weighted by molar-refractivity contribution is -0.277. The molecule has 0 unspecified atom stereocenters. The Kier molecular flexibility index (Phi) is 6.36. The van der Waals surface area contributed by atoms with Gasteiger partial charge < -0.3 is 34.6 Å². The Balaban J connectivity index is 2.03. The molecule has 1 heterocycles. The average molecular weight is 406 g/mol. The maximum atomic E-state index is 10.3. The van der Waals surface area contributed by atoms with Gasteiger partial charge in [-0.1, -0.05) is 13.8 Å². The molecular formula is C22H30O7. The van der Waals surface area contributed by atoms with Crippen molar-refractivity contribution in [3.8, 4) is 11.5 Å². The highest BCUT2D eigenvalue weighted by Crippen LogP contribution is 2.39. The molecule has 29 heavy (non-hydrogen) atoms. The first kappa shape index (κ1) is 21.8. The van der Waals surface area contributed by atoms with Crippen LogP contribution >= 0.6 is 0 Å². The van der Waals surface area contributed by atoms with Crippen LogP contribution in [0.5, 0.6) is 11.5 Å². The molecule has 0 saturated carbocycles. The zero-order chi connectivity index (χ0) is 21.5. The van der Waals surface area contributed by atoms with E-state index in [0.29, 0.717) is 5.75 Å². The molecular weight excluding hydrogens is 376 g/mol. The minimum atomic E-state index is -1.48. The second-order valence-corrected chi connectivity index (χ2v) is 7.94. The summed E-state index contributed by atoms with van der Waals surface area (Å²) in [6.07, 6.45) is -6.59. The SMILES string of the molecule is COc1cc(C)c2cc(O[C@@H]3O[C@H](CO)[C@@H](O)[C@H](O)[C@H]3O)c(C)cc2c1C(C)C. The van der Waals surface area contributed by atoms with E-state index in [2.05, 4.69) is 13.8 Å². The Bertz CT molecular complexity index is 877. The summed E-state index contributed by atoms with van der Waals surface area (Å²) < 4.78 is 16.9. The molecule has 3 rings (SSSR count). The van der Waals surface area contributed by atoms with Crippen molar-refractivity contribution in [1.82, 2.24) is 0 Å². The molecule has 7 nitrogen and oxygen atoms in total. The predicted octanol–water partition coefficient (Wildman–Crippen LogP) is 1.77. The number of benzene rings is 2. The molecule has 1 aliphatic rings. The fraction of sp³-hybridized carbons (Fsp3) is 0.545. The summed E-state index contributed by atoms with van der Waals surface area (Å²) in [7, 11) is 1.66. The van der Waals surface area contributed by atoms with Gasteiger partial charge >= 0.3 is 0 Å². The van der Waals surface area contributed by atoms with Gasteiger partial charge in [0.25, 0.3) is 0 Å². The third-order valence-electron chi connectivity index (χ3n) is 5.53. The first-order chi connectivity index (χ1) is 13.7. The summed E-state index contributed by atoms with van der Waals surface area (Å²) in [4.78, 5) is 0. The molecule has 2 aromatic rings. The summed E-state index contributed by atoms with van der Waals surface area (Å²) in [5.74, 6) is 1.58. The van der Waals surface area contributed by atoms with Crippen LogP contribution in [0.4, 0.5) is 0 Å². The van der Waals surface area contributed by atoms with E-state index in [1.54, 1.807) is 7.11 Å². The number of hydrogen-bond acceptors (Lipinski definition) is 7. The number of hydrogen-bond donors (Lipinski definition) is 4. The van der Waals surface area contributed by atoms with Crippen molar-refractivity contribution >= 4 is 10.8 Å². The van der Waals surface area contributed by atoms with E-state index >= 15 is 0 Å². The zero-order valence-electron chi connectivity index (χ0n) is 17.4. The third kappa shape index (κ3) is 3.93. The van der Waals surface area contributed by atoms with Crippen LogP contribution in [0.15, 0.2) is 18.2 Å². The first-order valence-corrected chi connectivity index (χ1v) is 9.78. The zero-order valence-corrected chi connectivity index (χ0v) is 17.4. The highest BCUT2D eigenvalue weighted by molar-refractivity contribution is 5.93. The van der Waals surface area contributed by atoms with Crippen LogP contribution in [-0.2, 0) is 4.74 Å². The molecule has 2 aromatic carbocycles. The number of rotatable bonds is 5. The number of methoxy groups -OCH3 is 1. The summed E-state index contributed by atoms with van der Waals surface area (Å²) in [5.41, 5.74) is 2.94. The molecule has 1 saturated heterocycles. The highest BCUT2D eigenvalue weighted by atomic mass is 16.7. The van der Waals surface area contributed by atoms with Crippen LogP contribution in [0.1, 0.15) is 36.5 Å². The van der Waals surface area contributed by atoms with E-state index in [4.69, 9.17) is 14.2 Å². The largest absolute Gasteiger partial charge is 0.496 e. The molecule has 1 fully saturated rings. The fourth-order valence-electron chi connectivity index (χ4n) is 3.90. The monoisotopic (exact) mass is 406 g/mol. The molecule has 0 amide bonds. The standard InChI is InChI=1S/C22H30O7/c1-10(2)18-14-6-12(4)15(8-13(14)11(3)7-16(18)27-5)28-22-21(26)20(25)19(24)17(9-23)29-22/h6-8,10,17,19-26H,9H2,1-5H3/t17-,19-,20+,21-,22-/m1/s1. The second kappa shape index (κ2) is 8.45. The molecule has 0 aromatic heterocycles. The number of aliphatic hydroxyl groups is 4. The van der Waals surface area contributed by atoms with Crippen molar-refractivity contribution in [2.45, 2.75) is 64.3 Å². The molecule has 0 spiro atoms. The third-order valence-corrected chi connectivity index (χ3v) is 5.53. The van der Waals surface area contributed by atoms with E-state index in [1.807, 2.05) is 32.0 Å². The van der Waals surface area contributed by atoms with Gasteiger partial charge in [0.1, 0.15) is 35.9 Å². The summed E-state index contributed by atoms with van der Waals surface area (Å²) in [6, 6.07) is 5.89. The molecule has 0 radical (unpaired) electrons. The molecule has 160 valence electrons. The number of aryl methyl sites for hydroxylation is 2. The lowest BCUT2D eigenvalue weighted by Crippen LogP contribution is -2.60. The van der Waals surface area contributed by atoms with E-state index in [-0.39, 0.29) is 5.92 Å². The van der Waals surface area contributed by atoms with Crippen LogP contribution < -0.4 is 9.47 Å². The Hall–Kier alpha value is -1.90. The van der Waals surface area contributed by atoms with Crippen molar-refractivity contribution in [1.29, 1.82) is 0 Å². The van der Waals surface area contributed by atoms with Crippen molar-refractivity contribution in [3.05, 3.63) is 34.9 Å². The van der Waals surface area contributed by atoms with Gasteiger partial charge in [-0.2, -0.15) is 0 Å². The predicted molar refractivity (Wildman–Crippen MR) is 108 cm³/mol. The Labute approximate surface area is 170 Å². The van der Waals surface area contributed by atoms with Gasteiger partial charge in [0.05, 0.1) is 13.7 Å². The van der Waals surface area contributed by atoms with E-state index < -0.39 is 37.3 Å². The maximum absolute atomic E-state index is 10.3. The molecule has 5 atom stereocenters. The Morgan fingerprint density at radius 1 is 0.931 bits per heavy atom. The molecule has 0 bridgehead atoms. The first-order valence-electron chi connectivity index (χ1n) is 9.78. The van der Waals surface area contributed by atoms with Crippen molar-refractivity contribution in [2.75, 3.05) is 13.7 Å². The number of fused-ring (bicyclic) bond motifs is 1. The molecule has 4 N–H and O–H groups in total. The van der Waals surface area contributed by atoms with E-state index in [9.17, 15) is 20.4 Å². The van der Waals surface area contributed by atoms with E-state index in [0.717, 1.165) is 33.2 Å². The molecule has 1 aliphatic heterocycles. The van der Waals surface area contributed by atoms with Crippen molar-refractivity contribution < 1.29 is 34.6 Å². The minimum Gasteiger partial charge on any atom is -0.496 e. The van der Waals surface area contributed by atoms with Crippen LogP contribution in [0.2, 0.25) is 0 Å². The quantitative estimate of drug-likeness (QED) is 0.599. The van der Waals surface area contributed by atoms with Gasteiger partial charge in [0, 0.05) is 5.56 Å². The van der Waals surface area contributed by atoms with Gasteiger partial charge in [-0.05, 0) is 59.9 Å². The van der Waals surface area contributed by atoms with Crippen LogP contribution in [0.25, 0.3) is 10.8 Å². The normalized spacial score (nSPS) is 27.4. The molecule has 7 heteroatoms. The molecule has 0 aliphatic carbocycles. The van der Waals surface area contributed by atoms with Gasteiger partial charge in [-0.25, -0.2) is 0 Å². The Morgan fingerprint density at radius 3 is 2.21 bits per heavy atom. The Morgan fingerprint density at radius 2 is 1.62 bits per heavy atom. The van der Waals surface area contributed by atoms with E-state index in [1.165, 1.54) is 0 Å². The lowest BCUT2D eigenvalue weighted by Gasteiger charge is -2.39. The topological polar surface area (TPSA) is 109 Å². The van der Waals surface area contributed by atoms with Gasteiger partial charge in [-0.3, -0.25) is 0 Å². The van der Waals surface area contributed by atoms with Crippen LogP contribution in [0.3, 0.4) is 0 Å². The minimum absolute atomic E-state index is 0.254. The highest BCUT2D eigenvalue weighted by Gasteiger charge is 2.44. The number of ether oxygens (including phenoxy) is 3. The van der Waals surface area contributed by atoms with Crippen molar-refractivity contribution in [3.63, 3.8) is 0 Å². The summed E-state index contributed by atoms with van der Waals surface area (Å²) in [5, 5.41) is 41.6. The van der Waals surface area contributed by atoms with Crippen LogP contribution in [-0.4, -0.2) is 64.8 Å². The summed E-state index contributed by atoms with van der Waals surface area (Å²) in [6.45, 7) is 7.60. The van der Waals surface area contributed by atoms with Gasteiger partial charge in [0.15, 0.2) is 0 Å². The van der Waals surface area contributed by atoms with Crippen LogP contribution in [0, 0.1) is 13.8 Å². The smallest absolute Gasteiger partial charge is 0.229 e. The van der Waals surface area contributed by atoms with Gasteiger partial charge in [0.2, 0.25) is 6.29 Å². The number of aliphatic hydroxyl groups excluding tert-OH is 4.